The molecule has 0 radical (unpaired) electrons. The average Bonchev–Trinajstić information content (AvgIpc) is 2.63. The topological polar surface area (TPSA) is 52.6 Å². The first-order valence-electron chi connectivity index (χ1n) is 7.11. The van der Waals surface area contributed by atoms with Crippen LogP contribution in [-0.4, -0.2) is 47.7 Å². The number of aliphatic carboxylic acids is 1. The molecule has 4 heteroatoms. The Morgan fingerprint density at radius 3 is 2.56 bits per heavy atom. The molecule has 1 aliphatic rings. The predicted molar refractivity (Wildman–Crippen MR) is 73.8 cm³/mol. The largest absolute Gasteiger partial charge is 0.480 e. The summed E-state index contributed by atoms with van der Waals surface area (Å²) in [6.07, 6.45) is 3.54. The van der Waals surface area contributed by atoms with Crippen LogP contribution >= 0.6 is 0 Å². The van der Waals surface area contributed by atoms with Gasteiger partial charge in [0.15, 0.2) is 0 Å². The van der Waals surface area contributed by atoms with Crippen molar-refractivity contribution >= 4 is 5.97 Å². The Kier molecular flexibility index (Phi) is 5.60. The summed E-state index contributed by atoms with van der Waals surface area (Å²) < 4.78 is 0. The number of carbonyl (C=O) groups is 1. The maximum absolute atomic E-state index is 11.4. The van der Waals surface area contributed by atoms with Gasteiger partial charge in [-0.1, -0.05) is 13.8 Å². The van der Waals surface area contributed by atoms with Crippen molar-refractivity contribution in [3.8, 4) is 0 Å². The first kappa shape index (κ1) is 15.4. The van der Waals surface area contributed by atoms with E-state index in [9.17, 15) is 9.90 Å². The molecule has 1 rings (SSSR count). The Labute approximate surface area is 111 Å². The van der Waals surface area contributed by atoms with Crippen LogP contribution in [0.15, 0.2) is 0 Å². The summed E-state index contributed by atoms with van der Waals surface area (Å²) in [6, 6.07) is 0.649. The minimum absolute atomic E-state index is 0.630. The number of likely N-dealkylation sites (tertiary alicyclic amines) is 1. The molecule has 18 heavy (non-hydrogen) atoms. The Bertz CT molecular complexity index is 277. The third kappa shape index (κ3) is 3.45. The number of nitrogens with one attached hydrogen (secondary N) is 1. The maximum atomic E-state index is 11.4. The van der Waals surface area contributed by atoms with E-state index >= 15 is 0 Å². The third-order valence-corrected chi connectivity index (χ3v) is 4.45. The van der Waals surface area contributed by atoms with Gasteiger partial charge < -0.3 is 15.3 Å². The molecule has 4 nitrogen and oxygen atoms in total. The van der Waals surface area contributed by atoms with Gasteiger partial charge in [-0.3, -0.25) is 4.79 Å². The van der Waals surface area contributed by atoms with E-state index in [0.717, 1.165) is 25.4 Å². The molecule has 0 bridgehead atoms. The van der Waals surface area contributed by atoms with Crippen molar-refractivity contribution in [1.29, 1.82) is 0 Å². The standard InChI is InChI=1S/C14H28N2O2/c1-5-14(15-4,13(17)18)7-6-8-16-10-11(2)9-12(16)3/h11-12,15H,5-10H2,1-4H3,(H,17,18). The summed E-state index contributed by atoms with van der Waals surface area (Å²) in [5.41, 5.74) is -0.741. The molecule has 0 spiro atoms. The zero-order valence-corrected chi connectivity index (χ0v) is 12.2. The van der Waals surface area contributed by atoms with E-state index < -0.39 is 11.5 Å². The summed E-state index contributed by atoms with van der Waals surface area (Å²) in [5.74, 6) is 0.0510. The molecule has 1 aliphatic heterocycles. The monoisotopic (exact) mass is 256 g/mol. The van der Waals surface area contributed by atoms with Crippen LogP contribution in [0.2, 0.25) is 0 Å². The van der Waals surface area contributed by atoms with Gasteiger partial charge in [0.1, 0.15) is 5.54 Å². The van der Waals surface area contributed by atoms with Crippen molar-refractivity contribution in [2.24, 2.45) is 5.92 Å². The first-order chi connectivity index (χ1) is 8.45. The second kappa shape index (κ2) is 6.53. The molecule has 0 aromatic heterocycles. The molecule has 1 fully saturated rings. The molecule has 2 N–H and O–H groups in total. The van der Waals surface area contributed by atoms with Crippen molar-refractivity contribution in [3.63, 3.8) is 0 Å². The number of nitrogens with zero attached hydrogens (tertiary/aromatic N) is 1. The maximum Gasteiger partial charge on any atom is 0.323 e. The second-order valence-electron chi connectivity index (χ2n) is 5.78. The average molecular weight is 256 g/mol. The van der Waals surface area contributed by atoms with Crippen LogP contribution in [0.5, 0.6) is 0 Å². The van der Waals surface area contributed by atoms with Crippen molar-refractivity contribution < 1.29 is 9.90 Å². The normalized spacial score (nSPS) is 28.2. The van der Waals surface area contributed by atoms with Gasteiger partial charge in [-0.05, 0) is 52.1 Å². The fourth-order valence-electron chi connectivity index (χ4n) is 3.13. The first-order valence-corrected chi connectivity index (χ1v) is 7.11. The molecule has 1 heterocycles. The van der Waals surface area contributed by atoms with Crippen molar-refractivity contribution in [3.05, 3.63) is 0 Å². The Hall–Kier alpha value is -0.610. The molecule has 0 aromatic carbocycles. The van der Waals surface area contributed by atoms with Gasteiger partial charge >= 0.3 is 5.97 Å². The lowest BCUT2D eigenvalue weighted by Gasteiger charge is -2.29. The summed E-state index contributed by atoms with van der Waals surface area (Å²) >= 11 is 0. The van der Waals surface area contributed by atoms with Gasteiger partial charge in [-0.2, -0.15) is 0 Å². The molecule has 0 saturated carbocycles. The van der Waals surface area contributed by atoms with Gasteiger partial charge in [0.25, 0.3) is 0 Å². The van der Waals surface area contributed by atoms with E-state index in [2.05, 4.69) is 24.1 Å². The van der Waals surface area contributed by atoms with E-state index in [4.69, 9.17) is 0 Å². The summed E-state index contributed by atoms with van der Waals surface area (Å²) in [5, 5.41) is 12.3. The number of hydrogen-bond donors (Lipinski definition) is 2. The van der Waals surface area contributed by atoms with Crippen LogP contribution in [0.4, 0.5) is 0 Å². The number of rotatable bonds is 7. The number of carboxylic acid groups (broad SMARTS) is 1. The van der Waals surface area contributed by atoms with E-state index in [1.165, 1.54) is 6.42 Å². The lowest BCUT2D eigenvalue weighted by atomic mass is 9.90. The van der Waals surface area contributed by atoms with Crippen LogP contribution in [0, 0.1) is 5.92 Å². The van der Waals surface area contributed by atoms with Crippen LogP contribution < -0.4 is 5.32 Å². The minimum Gasteiger partial charge on any atom is -0.480 e. The zero-order chi connectivity index (χ0) is 13.8. The van der Waals surface area contributed by atoms with Gasteiger partial charge in [0.05, 0.1) is 0 Å². The minimum atomic E-state index is -0.741. The smallest absolute Gasteiger partial charge is 0.323 e. The Morgan fingerprint density at radius 2 is 2.17 bits per heavy atom. The van der Waals surface area contributed by atoms with Crippen molar-refractivity contribution in [1.82, 2.24) is 10.2 Å². The molecule has 106 valence electrons. The van der Waals surface area contributed by atoms with Crippen LogP contribution in [0.25, 0.3) is 0 Å². The van der Waals surface area contributed by atoms with Gasteiger partial charge in [-0.15, -0.1) is 0 Å². The van der Waals surface area contributed by atoms with Gasteiger partial charge in [0.2, 0.25) is 0 Å². The quantitative estimate of drug-likeness (QED) is 0.731. The molecular weight excluding hydrogens is 228 g/mol. The Morgan fingerprint density at radius 1 is 1.50 bits per heavy atom. The van der Waals surface area contributed by atoms with Crippen molar-refractivity contribution in [2.45, 2.75) is 58.0 Å². The highest BCUT2D eigenvalue weighted by Gasteiger charge is 2.35. The molecular formula is C14H28N2O2. The van der Waals surface area contributed by atoms with Crippen LogP contribution in [0.3, 0.4) is 0 Å². The van der Waals surface area contributed by atoms with E-state index in [1.54, 1.807) is 7.05 Å². The third-order valence-electron chi connectivity index (χ3n) is 4.45. The predicted octanol–water partition coefficient (Wildman–Crippen LogP) is 1.95. The fourth-order valence-corrected chi connectivity index (χ4v) is 3.13. The summed E-state index contributed by atoms with van der Waals surface area (Å²) in [6.45, 7) is 8.67. The van der Waals surface area contributed by atoms with E-state index in [-0.39, 0.29) is 0 Å². The van der Waals surface area contributed by atoms with Crippen LogP contribution in [-0.2, 0) is 4.79 Å². The lowest BCUT2D eigenvalue weighted by Crippen LogP contribution is -2.50. The molecule has 3 atom stereocenters. The number of carboxylic acids is 1. The molecule has 1 saturated heterocycles. The second-order valence-corrected chi connectivity index (χ2v) is 5.78. The Balaban J connectivity index is 2.42. The SMILES string of the molecule is CCC(CCCN1CC(C)CC1C)(NC)C(=O)O. The van der Waals surface area contributed by atoms with E-state index in [0.29, 0.717) is 18.9 Å². The fraction of sp³-hybridized carbons (Fsp3) is 0.929. The molecule has 0 aromatic rings. The highest BCUT2D eigenvalue weighted by atomic mass is 16.4. The summed E-state index contributed by atoms with van der Waals surface area (Å²) in [7, 11) is 1.75. The van der Waals surface area contributed by atoms with E-state index in [1.807, 2.05) is 6.92 Å². The summed E-state index contributed by atoms with van der Waals surface area (Å²) in [4.78, 5) is 13.8. The highest BCUT2D eigenvalue weighted by molar-refractivity contribution is 5.78. The highest BCUT2D eigenvalue weighted by Crippen LogP contribution is 2.24. The number of hydrogen-bond acceptors (Lipinski definition) is 3. The molecule has 3 unspecified atom stereocenters. The van der Waals surface area contributed by atoms with Gasteiger partial charge in [0, 0.05) is 12.6 Å². The lowest BCUT2D eigenvalue weighted by molar-refractivity contribution is -0.145. The van der Waals surface area contributed by atoms with Gasteiger partial charge in [-0.25, -0.2) is 0 Å². The molecule has 0 aliphatic carbocycles. The number of likely N-dealkylation sites (N-methyl/N-ethyl adjacent to an activating group) is 1. The van der Waals surface area contributed by atoms with Crippen LogP contribution in [0.1, 0.15) is 46.5 Å². The van der Waals surface area contributed by atoms with Crippen molar-refractivity contribution in [2.75, 3.05) is 20.1 Å². The zero-order valence-electron chi connectivity index (χ0n) is 12.2. The molecule has 0 amide bonds.